The van der Waals surface area contributed by atoms with E-state index in [9.17, 15) is 18.0 Å². The maximum Gasteiger partial charge on any atom is 0.387 e. The number of ether oxygens (including phenoxy) is 1. The molecule has 0 unspecified atom stereocenters. The number of hydrogen-bond acceptors (Lipinski definition) is 3. The maximum atomic E-state index is 13.4. The van der Waals surface area contributed by atoms with Gasteiger partial charge in [0.1, 0.15) is 11.9 Å². The average Bonchev–Trinajstić information content (AvgIpc) is 2.91. The minimum Gasteiger partial charge on any atom is -0.435 e. The van der Waals surface area contributed by atoms with Gasteiger partial charge in [-0.25, -0.2) is 4.39 Å². The summed E-state index contributed by atoms with van der Waals surface area (Å²) in [6.07, 6.45) is 0.485. The molecule has 0 saturated carbocycles. The molecule has 2 aliphatic rings. The number of fused-ring (bicyclic) bond motifs is 1. The molecule has 2 aliphatic heterocycles. The highest BCUT2D eigenvalue weighted by atomic mass is 19.3. The van der Waals surface area contributed by atoms with Crippen LogP contribution in [0.2, 0.25) is 0 Å². The Bertz CT molecular complexity index is 585. The van der Waals surface area contributed by atoms with E-state index in [1.54, 1.807) is 17.0 Å². The van der Waals surface area contributed by atoms with Crippen LogP contribution in [0.3, 0.4) is 0 Å². The summed E-state index contributed by atoms with van der Waals surface area (Å²) in [5.41, 5.74) is 0.782. The van der Waals surface area contributed by atoms with Crippen LogP contribution in [-0.2, 0) is 11.2 Å². The van der Waals surface area contributed by atoms with E-state index in [0.29, 0.717) is 45.4 Å². The molecule has 2 saturated heterocycles. The molecule has 0 bridgehead atoms. The lowest BCUT2D eigenvalue weighted by Crippen LogP contribution is -2.52. The number of alkyl halides is 3. The zero-order valence-electron chi connectivity index (χ0n) is 13.3. The molecular formula is C17H21F3N2O2. The first-order valence-corrected chi connectivity index (χ1v) is 8.21. The van der Waals surface area contributed by atoms with Crippen LogP contribution in [0, 0.1) is 0 Å². The average molecular weight is 342 g/mol. The number of nitrogens with zero attached hydrogens (tertiary/aromatic N) is 2. The highest BCUT2D eigenvalue weighted by Gasteiger charge is 2.37. The lowest BCUT2D eigenvalue weighted by Gasteiger charge is -2.37. The summed E-state index contributed by atoms with van der Waals surface area (Å²) in [5, 5.41) is 0. The summed E-state index contributed by atoms with van der Waals surface area (Å²) in [7, 11) is 0. The van der Waals surface area contributed by atoms with Crippen molar-refractivity contribution in [1.82, 2.24) is 9.80 Å². The molecule has 1 amide bonds. The number of carbonyl (C=O) groups is 1. The van der Waals surface area contributed by atoms with Gasteiger partial charge in [0, 0.05) is 38.6 Å². The predicted octanol–water partition coefficient (Wildman–Crippen LogP) is 2.48. The van der Waals surface area contributed by atoms with E-state index in [2.05, 4.69) is 9.64 Å². The summed E-state index contributed by atoms with van der Waals surface area (Å²) < 4.78 is 42.3. The number of rotatable bonds is 5. The summed E-state index contributed by atoms with van der Waals surface area (Å²) >= 11 is 0. The minimum absolute atomic E-state index is 0.0251. The Morgan fingerprint density at radius 3 is 2.92 bits per heavy atom. The quantitative estimate of drug-likeness (QED) is 0.824. The monoisotopic (exact) mass is 342 g/mol. The predicted molar refractivity (Wildman–Crippen MR) is 82.8 cm³/mol. The first-order valence-electron chi connectivity index (χ1n) is 8.21. The van der Waals surface area contributed by atoms with E-state index in [1.165, 1.54) is 12.1 Å². The smallest absolute Gasteiger partial charge is 0.387 e. The van der Waals surface area contributed by atoms with Crippen molar-refractivity contribution in [3.63, 3.8) is 0 Å². The van der Waals surface area contributed by atoms with Gasteiger partial charge in [-0.2, -0.15) is 8.78 Å². The second-order valence-corrected chi connectivity index (χ2v) is 6.35. The molecule has 24 heavy (non-hydrogen) atoms. The first kappa shape index (κ1) is 17.1. The standard InChI is InChI=1S/C17H21F3N2O2/c18-13-9-14-11-22(7-6-21(14)10-13)16(23)5-4-12-2-1-3-15(8-12)24-17(19)20/h1-3,8,13-14,17H,4-7,9-11H2/t13-,14-/m0/s1. The molecule has 0 aromatic heterocycles. The molecule has 0 spiro atoms. The van der Waals surface area contributed by atoms with Crippen LogP contribution in [0.25, 0.3) is 0 Å². The molecule has 3 rings (SSSR count). The van der Waals surface area contributed by atoms with E-state index in [4.69, 9.17) is 0 Å². The van der Waals surface area contributed by atoms with Crippen LogP contribution in [0.1, 0.15) is 18.4 Å². The molecule has 0 aliphatic carbocycles. The van der Waals surface area contributed by atoms with E-state index in [1.807, 2.05) is 0 Å². The summed E-state index contributed by atoms with van der Waals surface area (Å²) in [6.45, 7) is -0.466. The van der Waals surface area contributed by atoms with Crippen molar-refractivity contribution in [3.05, 3.63) is 29.8 Å². The van der Waals surface area contributed by atoms with Crippen molar-refractivity contribution >= 4 is 5.91 Å². The molecule has 2 heterocycles. The third kappa shape index (κ3) is 4.20. The lowest BCUT2D eigenvalue weighted by molar-refractivity contribution is -0.133. The highest BCUT2D eigenvalue weighted by molar-refractivity contribution is 5.76. The van der Waals surface area contributed by atoms with Crippen molar-refractivity contribution in [1.29, 1.82) is 0 Å². The lowest BCUT2D eigenvalue weighted by atomic mass is 10.1. The number of halogens is 3. The third-order valence-electron chi connectivity index (χ3n) is 4.67. The summed E-state index contributed by atoms with van der Waals surface area (Å²) in [4.78, 5) is 16.3. The third-order valence-corrected chi connectivity index (χ3v) is 4.67. The molecule has 7 heteroatoms. The SMILES string of the molecule is O=C(CCc1cccc(OC(F)F)c1)N1CCN2C[C@@H](F)C[C@H]2C1. The Hall–Kier alpha value is -1.76. The first-order chi connectivity index (χ1) is 11.5. The molecule has 132 valence electrons. The Kier molecular flexibility index (Phi) is 5.28. The molecule has 1 aromatic carbocycles. The summed E-state index contributed by atoms with van der Waals surface area (Å²) in [6, 6.07) is 6.54. The Morgan fingerprint density at radius 1 is 1.29 bits per heavy atom. The normalized spacial score (nSPS) is 24.2. The van der Waals surface area contributed by atoms with Crippen molar-refractivity contribution in [2.24, 2.45) is 0 Å². The van der Waals surface area contributed by atoms with Crippen LogP contribution >= 0.6 is 0 Å². The van der Waals surface area contributed by atoms with Crippen LogP contribution in [0.5, 0.6) is 5.75 Å². The zero-order valence-corrected chi connectivity index (χ0v) is 13.3. The Morgan fingerprint density at radius 2 is 2.12 bits per heavy atom. The number of piperazine rings is 1. The minimum atomic E-state index is -2.86. The van der Waals surface area contributed by atoms with E-state index in [-0.39, 0.29) is 17.7 Å². The number of aryl methyl sites for hydroxylation is 1. The zero-order chi connectivity index (χ0) is 17.1. The number of benzene rings is 1. The van der Waals surface area contributed by atoms with E-state index < -0.39 is 12.8 Å². The van der Waals surface area contributed by atoms with E-state index in [0.717, 1.165) is 5.56 Å². The van der Waals surface area contributed by atoms with Gasteiger partial charge in [0.2, 0.25) is 5.91 Å². The second kappa shape index (κ2) is 7.42. The highest BCUT2D eigenvalue weighted by Crippen LogP contribution is 2.24. The Labute approximate surface area is 139 Å². The van der Waals surface area contributed by atoms with Gasteiger partial charge in [-0.1, -0.05) is 12.1 Å². The number of carbonyl (C=O) groups excluding carboxylic acids is 1. The molecule has 0 radical (unpaired) electrons. The van der Waals surface area contributed by atoms with Gasteiger partial charge in [0.05, 0.1) is 0 Å². The van der Waals surface area contributed by atoms with Crippen LogP contribution in [0.15, 0.2) is 24.3 Å². The molecular weight excluding hydrogens is 321 g/mol. The fourth-order valence-corrected chi connectivity index (χ4v) is 3.49. The van der Waals surface area contributed by atoms with Crippen LogP contribution in [-0.4, -0.2) is 60.7 Å². The fraction of sp³-hybridized carbons (Fsp3) is 0.588. The summed E-state index contributed by atoms with van der Waals surface area (Å²) in [5.74, 6) is 0.126. The fourth-order valence-electron chi connectivity index (χ4n) is 3.49. The largest absolute Gasteiger partial charge is 0.435 e. The molecule has 2 atom stereocenters. The second-order valence-electron chi connectivity index (χ2n) is 6.35. The van der Waals surface area contributed by atoms with Crippen molar-refractivity contribution < 1.29 is 22.7 Å². The van der Waals surface area contributed by atoms with Gasteiger partial charge in [0.15, 0.2) is 0 Å². The number of amides is 1. The van der Waals surface area contributed by atoms with Gasteiger partial charge < -0.3 is 9.64 Å². The van der Waals surface area contributed by atoms with Gasteiger partial charge in [0.25, 0.3) is 0 Å². The van der Waals surface area contributed by atoms with Gasteiger partial charge in [-0.15, -0.1) is 0 Å². The molecule has 0 N–H and O–H groups in total. The van der Waals surface area contributed by atoms with Crippen LogP contribution in [0.4, 0.5) is 13.2 Å². The van der Waals surface area contributed by atoms with Crippen molar-refractivity contribution in [2.45, 2.75) is 38.1 Å². The van der Waals surface area contributed by atoms with Crippen molar-refractivity contribution in [2.75, 3.05) is 26.2 Å². The van der Waals surface area contributed by atoms with Crippen molar-refractivity contribution in [3.8, 4) is 5.75 Å². The number of hydrogen-bond donors (Lipinski definition) is 0. The Balaban J connectivity index is 1.50. The van der Waals surface area contributed by atoms with Crippen LogP contribution < -0.4 is 4.74 Å². The molecule has 2 fully saturated rings. The van der Waals surface area contributed by atoms with Gasteiger partial charge in [-0.3, -0.25) is 9.69 Å². The van der Waals surface area contributed by atoms with E-state index >= 15 is 0 Å². The molecule has 1 aromatic rings. The van der Waals surface area contributed by atoms with Gasteiger partial charge in [-0.05, 0) is 30.5 Å². The maximum absolute atomic E-state index is 13.4. The molecule has 4 nitrogen and oxygen atoms in total. The van der Waals surface area contributed by atoms with Gasteiger partial charge >= 0.3 is 6.61 Å². The topological polar surface area (TPSA) is 32.8 Å².